The summed E-state index contributed by atoms with van der Waals surface area (Å²) in [6.45, 7) is 2.01. The van der Waals surface area contributed by atoms with E-state index in [1.165, 1.54) is 10.5 Å². The zero-order valence-electron chi connectivity index (χ0n) is 15.5. The molecular formula is C21H21N5O. The molecule has 1 heterocycles. The highest BCUT2D eigenvalue weighted by atomic mass is 16.2. The summed E-state index contributed by atoms with van der Waals surface area (Å²) < 4.78 is 1.73. The number of benzene rings is 2. The molecule has 0 bridgehead atoms. The van der Waals surface area contributed by atoms with Crippen LogP contribution in [-0.4, -0.2) is 39.2 Å². The number of amides is 1. The Hall–Kier alpha value is -3.46. The molecule has 0 N–H and O–H groups in total. The van der Waals surface area contributed by atoms with Gasteiger partial charge in [0.1, 0.15) is 12.4 Å². The van der Waals surface area contributed by atoms with Crippen molar-refractivity contribution in [2.24, 2.45) is 0 Å². The summed E-state index contributed by atoms with van der Waals surface area (Å²) in [4.78, 5) is 18.3. The number of hydrogen-bond donors (Lipinski definition) is 0. The summed E-state index contributed by atoms with van der Waals surface area (Å²) in [6.07, 6.45) is 1.45. The van der Waals surface area contributed by atoms with Crippen molar-refractivity contribution in [1.29, 1.82) is 5.26 Å². The average Bonchev–Trinajstić information content (AvgIpc) is 3.11. The molecule has 0 fully saturated rings. The molecule has 6 nitrogen and oxygen atoms in total. The van der Waals surface area contributed by atoms with E-state index in [0.29, 0.717) is 6.42 Å². The Balaban J connectivity index is 1.94. The second-order valence-corrected chi connectivity index (χ2v) is 6.41. The maximum Gasteiger partial charge on any atom is 0.294 e. The molecule has 0 spiro atoms. The topological polar surface area (TPSA) is 74.8 Å². The maximum absolute atomic E-state index is 12.5. The molecule has 0 aliphatic carbocycles. The van der Waals surface area contributed by atoms with Crippen molar-refractivity contribution in [1.82, 2.24) is 19.7 Å². The molecule has 3 aromatic rings. The molecule has 27 heavy (non-hydrogen) atoms. The van der Waals surface area contributed by atoms with Gasteiger partial charge in [0.25, 0.3) is 5.91 Å². The minimum Gasteiger partial charge on any atom is -0.326 e. The van der Waals surface area contributed by atoms with Crippen LogP contribution < -0.4 is 0 Å². The molecule has 2 aromatic carbocycles. The molecule has 6 heteroatoms. The quantitative estimate of drug-likeness (QED) is 0.634. The van der Waals surface area contributed by atoms with Crippen molar-refractivity contribution in [2.75, 3.05) is 13.6 Å². The predicted octanol–water partition coefficient (Wildman–Crippen LogP) is 2.96. The van der Waals surface area contributed by atoms with Gasteiger partial charge < -0.3 is 4.90 Å². The van der Waals surface area contributed by atoms with Crippen LogP contribution in [-0.2, 0) is 12.8 Å². The standard InChI is InChI=1S/C21H21N5O/c1-16-7-6-10-18(15-16)26-19(12-11-17-8-4-3-5-9-17)23-20(24-26)21(27)25(2)14-13-22/h3-10,15H,11-12,14H2,1-2H3. The number of nitriles is 1. The van der Waals surface area contributed by atoms with Crippen LogP contribution in [0.15, 0.2) is 54.6 Å². The molecule has 1 amide bonds. The first kappa shape index (κ1) is 18.3. The predicted molar refractivity (Wildman–Crippen MR) is 103 cm³/mol. The van der Waals surface area contributed by atoms with Crippen LogP contribution in [0.1, 0.15) is 27.6 Å². The first-order valence-electron chi connectivity index (χ1n) is 8.78. The van der Waals surface area contributed by atoms with E-state index in [1.807, 2.05) is 55.5 Å². The summed E-state index contributed by atoms with van der Waals surface area (Å²) in [5.74, 6) is 0.472. The van der Waals surface area contributed by atoms with Crippen LogP contribution in [0.3, 0.4) is 0 Å². The zero-order valence-corrected chi connectivity index (χ0v) is 15.5. The van der Waals surface area contributed by atoms with Gasteiger partial charge in [0, 0.05) is 13.5 Å². The molecule has 0 aliphatic heterocycles. The Labute approximate surface area is 158 Å². The fourth-order valence-electron chi connectivity index (χ4n) is 2.81. The molecule has 0 saturated heterocycles. The number of nitrogens with zero attached hydrogens (tertiary/aromatic N) is 5. The summed E-state index contributed by atoms with van der Waals surface area (Å²) in [5.41, 5.74) is 3.17. The van der Waals surface area contributed by atoms with Gasteiger partial charge in [0.2, 0.25) is 5.82 Å². The number of aryl methyl sites for hydroxylation is 3. The fourth-order valence-corrected chi connectivity index (χ4v) is 2.81. The molecule has 0 atom stereocenters. The smallest absolute Gasteiger partial charge is 0.294 e. The van der Waals surface area contributed by atoms with E-state index >= 15 is 0 Å². The van der Waals surface area contributed by atoms with Crippen molar-refractivity contribution < 1.29 is 4.79 Å². The third kappa shape index (κ3) is 4.39. The van der Waals surface area contributed by atoms with Crippen LogP contribution in [0.4, 0.5) is 0 Å². The zero-order chi connectivity index (χ0) is 19.2. The largest absolute Gasteiger partial charge is 0.326 e. The molecule has 1 aromatic heterocycles. The summed E-state index contributed by atoms with van der Waals surface area (Å²) in [7, 11) is 1.57. The lowest BCUT2D eigenvalue weighted by Crippen LogP contribution is -2.28. The first-order chi connectivity index (χ1) is 13.1. The summed E-state index contributed by atoms with van der Waals surface area (Å²) >= 11 is 0. The van der Waals surface area contributed by atoms with Crippen LogP contribution in [0.25, 0.3) is 5.69 Å². The monoisotopic (exact) mass is 359 g/mol. The molecular weight excluding hydrogens is 338 g/mol. The van der Waals surface area contributed by atoms with E-state index in [1.54, 1.807) is 11.7 Å². The van der Waals surface area contributed by atoms with Gasteiger partial charge in [-0.05, 0) is 36.6 Å². The van der Waals surface area contributed by atoms with E-state index in [2.05, 4.69) is 22.2 Å². The molecule has 136 valence electrons. The highest BCUT2D eigenvalue weighted by Gasteiger charge is 2.20. The molecule has 0 aliphatic rings. The number of carbonyl (C=O) groups is 1. The van der Waals surface area contributed by atoms with Crippen molar-refractivity contribution in [3.05, 3.63) is 77.4 Å². The van der Waals surface area contributed by atoms with Crippen molar-refractivity contribution >= 4 is 5.91 Å². The molecule has 0 radical (unpaired) electrons. The Kier molecular flexibility index (Phi) is 5.62. The molecule has 3 rings (SSSR count). The van der Waals surface area contributed by atoms with E-state index < -0.39 is 0 Å². The Morgan fingerprint density at radius 2 is 1.93 bits per heavy atom. The Morgan fingerprint density at radius 3 is 2.63 bits per heavy atom. The third-order valence-corrected chi connectivity index (χ3v) is 4.25. The van der Waals surface area contributed by atoms with E-state index in [0.717, 1.165) is 23.5 Å². The van der Waals surface area contributed by atoms with E-state index in [-0.39, 0.29) is 18.3 Å². The Morgan fingerprint density at radius 1 is 1.15 bits per heavy atom. The van der Waals surface area contributed by atoms with Gasteiger partial charge in [-0.2, -0.15) is 5.26 Å². The number of carbonyl (C=O) groups excluding carboxylic acids is 1. The van der Waals surface area contributed by atoms with Gasteiger partial charge in [-0.15, -0.1) is 5.10 Å². The van der Waals surface area contributed by atoms with Crippen LogP contribution in [0, 0.1) is 18.3 Å². The third-order valence-electron chi connectivity index (χ3n) is 4.25. The lowest BCUT2D eigenvalue weighted by molar-refractivity contribution is 0.0800. The minimum absolute atomic E-state index is 0.00281. The fraction of sp³-hybridized carbons (Fsp3) is 0.238. The van der Waals surface area contributed by atoms with Gasteiger partial charge in [-0.3, -0.25) is 4.79 Å². The highest BCUT2D eigenvalue weighted by molar-refractivity contribution is 5.90. The average molecular weight is 359 g/mol. The van der Waals surface area contributed by atoms with Gasteiger partial charge in [-0.1, -0.05) is 42.5 Å². The van der Waals surface area contributed by atoms with Crippen LogP contribution in [0.5, 0.6) is 0 Å². The van der Waals surface area contributed by atoms with Crippen LogP contribution in [0.2, 0.25) is 0 Å². The van der Waals surface area contributed by atoms with Gasteiger partial charge in [-0.25, -0.2) is 9.67 Å². The maximum atomic E-state index is 12.5. The lowest BCUT2D eigenvalue weighted by Gasteiger charge is -2.09. The SMILES string of the molecule is Cc1cccc(-n2nc(C(=O)N(C)CC#N)nc2CCc2ccccc2)c1. The number of aromatic nitrogens is 3. The summed E-state index contributed by atoms with van der Waals surface area (Å²) in [5, 5.41) is 13.3. The Bertz CT molecular complexity index is 972. The van der Waals surface area contributed by atoms with E-state index in [4.69, 9.17) is 5.26 Å². The second-order valence-electron chi connectivity index (χ2n) is 6.41. The minimum atomic E-state index is -0.357. The van der Waals surface area contributed by atoms with Crippen molar-refractivity contribution in [2.45, 2.75) is 19.8 Å². The number of hydrogen-bond acceptors (Lipinski definition) is 4. The van der Waals surface area contributed by atoms with Crippen LogP contribution >= 0.6 is 0 Å². The van der Waals surface area contributed by atoms with E-state index in [9.17, 15) is 4.79 Å². The van der Waals surface area contributed by atoms with Gasteiger partial charge in [0.05, 0.1) is 11.8 Å². The molecule has 0 unspecified atom stereocenters. The van der Waals surface area contributed by atoms with Gasteiger partial charge in [0.15, 0.2) is 0 Å². The number of rotatable bonds is 6. The highest BCUT2D eigenvalue weighted by Crippen LogP contribution is 2.15. The molecule has 0 saturated carbocycles. The van der Waals surface area contributed by atoms with Crippen molar-refractivity contribution in [3.8, 4) is 11.8 Å². The second kappa shape index (κ2) is 8.28. The first-order valence-corrected chi connectivity index (χ1v) is 8.78. The lowest BCUT2D eigenvalue weighted by atomic mass is 10.1. The van der Waals surface area contributed by atoms with Gasteiger partial charge >= 0.3 is 0 Å². The van der Waals surface area contributed by atoms with Crippen molar-refractivity contribution in [3.63, 3.8) is 0 Å². The summed E-state index contributed by atoms with van der Waals surface area (Å²) in [6, 6.07) is 20.0. The normalized spacial score (nSPS) is 10.4.